The molecule has 1 amide bonds. The van der Waals surface area contributed by atoms with E-state index in [0.717, 1.165) is 57.4 Å². The van der Waals surface area contributed by atoms with Crippen molar-refractivity contribution in [2.24, 2.45) is 0 Å². The van der Waals surface area contributed by atoms with E-state index in [1.165, 1.54) is 103 Å². The Morgan fingerprint density at radius 2 is 1.04 bits per heavy atom. The van der Waals surface area contributed by atoms with Crippen molar-refractivity contribution in [3.05, 3.63) is 24.3 Å². The van der Waals surface area contributed by atoms with Gasteiger partial charge in [-0.25, -0.2) is 9.59 Å². The summed E-state index contributed by atoms with van der Waals surface area (Å²) >= 11 is 0. The molecule has 280 valence electrons. The molecule has 0 rings (SSSR count). The molecule has 0 aromatic heterocycles. The van der Waals surface area contributed by atoms with Crippen LogP contribution in [0.3, 0.4) is 0 Å². The fourth-order valence-corrected chi connectivity index (χ4v) is 5.85. The SMILES string of the molecule is CCCCCCCC/C=C\CCCCCCCC(=O)N[C@@H](COC(=O)/C=C\C(=O)O)C(O)[C@H](O)CCCCCCCCCCCCCC. The number of nitrogens with one attached hydrogen (secondary N) is 1. The molecule has 0 heterocycles. The van der Waals surface area contributed by atoms with Crippen LogP contribution < -0.4 is 5.32 Å². The number of ether oxygens (including phenoxy) is 1. The highest BCUT2D eigenvalue weighted by molar-refractivity contribution is 5.90. The summed E-state index contributed by atoms with van der Waals surface area (Å²) in [6.45, 7) is 4.12. The van der Waals surface area contributed by atoms with E-state index in [0.29, 0.717) is 18.9 Å². The molecule has 0 radical (unpaired) electrons. The molecule has 0 aliphatic heterocycles. The van der Waals surface area contributed by atoms with Crippen molar-refractivity contribution >= 4 is 17.8 Å². The van der Waals surface area contributed by atoms with E-state index in [9.17, 15) is 24.6 Å². The average Bonchev–Trinajstić information content (AvgIpc) is 3.07. The topological polar surface area (TPSA) is 133 Å². The van der Waals surface area contributed by atoms with Gasteiger partial charge in [-0.15, -0.1) is 0 Å². The summed E-state index contributed by atoms with van der Waals surface area (Å²) in [5.41, 5.74) is 0. The lowest BCUT2D eigenvalue weighted by Crippen LogP contribution is -2.51. The van der Waals surface area contributed by atoms with E-state index in [2.05, 4.69) is 31.3 Å². The first kappa shape index (κ1) is 45.8. The second kappa shape index (κ2) is 34.7. The van der Waals surface area contributed by atoms with Gasteiger partial charge in [-0.3, -0.25) is 4.79 Å². The Hall–Kier alpha value is -2.19. The van der Waals surface area contributed by atoms with Crippen LogP contribution in [0.15, 0.2) is 24.3 Å². The molecule has 0 fully saturated rings. The summed E-state index contributed by atoms with van der Waals surface area (Å²) in [6, 6.07) is -0.991. The molecular formula is C40H73NO7. The number of rotatable bonds is 35. The normalized spacial score (nSPS) is 13.6. The number of hydrogen-bond donors (Lipinski definition) is 4. The second-order valence-corrected chi connectivity index (χ2v) is 13.5. The number of aliphatic hydroxyl groups is 2. The van der Waals surface area contributed by atoms with Crippen molar-refractivity contribution in [2.45, 2.75) is 205 Å². The number of carboxylic acid groups (broad SMARTS) is 1. The minimum absolute atomic E-state index is 0.272. The van der Waals surface area contributed by atoms with Crippen LogP contribution in [0.5, 0.6) is 0 Å². The van der Waals surface area contributed by atoms with Gasteiger partial charge in [0.2, 0.25) is 5.91 Å². The highest BCUT2D eigenvalue weighted by atomic mass is 16.5. The molecule has 8 nitrogen and oxygen atoms in total. The number of allylic oxidation sites excluding steroid dienone is 2. The number of carboxylic acids is 1. The Balaban J connectivity index is 4.36. The number of esters is 1. The van der Waals surface area contributed by atoms with E-state index in [1.54, 1.807) is 0 Å². The van der Waals surface area contributed by atoms with Crippen molar-refractivity contribution in [3.8, 4) is 0 Å². The predicted octanol–water partition coefficient (Wildman–Crippen LogP) is 9.51. The third kappa shape index (κ3) is 31.1. The quantitative estimate of drug-likeness (QED) is 0.0227. The van der Waals surface area contributed by atoms with Gasteiger partial charge in [0.1, 0.15) is 12.7 Å². The Kier molecular flexibility index (Phi) is 33.1. The number of carbonyl (C=O) groups is 3. The third-order valence-electron chi connectivity index (χ3n) is 8.94. The van der Waals surface area contributed by atoms with Gasteiger partial charge in [0.25, 0.3) is 0 Å². The van der Waals surface area contributed by atoms with Crippen molar-refractivity contribution in [2.75, 3.05) is 6.61 Å². The van der Waals surface area contributed by atoms with Gasteiger partial charge in [-0.2, -0.15) is 0 Å². The lowest BCUT2D eigenvalue weighted by Gasteiger charge is -2.27. The maximum absolute atomic E-state index is 12.7. The molecule has 0 aliphatic rings. The molecule has 48 heavy (non-hydrogen) atoms. The summed E-state index contributed by atoms with van der Waals surface area (Å²) < 4.78 is 5.09. The number of aliphatic hydroxyl groups excluding tert-OH is 2. The van der Waals surface area contributed by atoms with Gasteiger partial charge in [0, 0.05) is 18.6 Å². The van der Waals surface area contributed by atoms with Crippen molar-refractivity contribution in [3.63, 3.8) is 0 Å². The van der Waals surface area contributed by atoms with Crippen LogP contribution in [0, 0.1) is 0 Å². The smallest absolute Gasteiger partial charge is 0.331 e. The monoisotopic (exact) mass is 680 g/mol. The molecule has 0 aromatic carbocycles. The van der Waals surface area contributed by atoms with Crippen LogP contribution in [-0.2, 0) is 19.1 Å². The van der Waals surface area contributed by atoms with Gasteiger partial charge in [0.05, 0.1) is 12.1 Å². The van der Waals surface area contributed by atoms with Crippen molar-refractivity contribution < 1.29 is 34.4 Å². The van der Waals surface area contributed by atoms with Gasteiger partial charge < -0.3 is 25.4 Å². The zero-order valence-electron chi connectivity index (χ0n) is 30.8. The van der Waals surface area contributed by atoms with Crippen LogP contribution in [0.2, 0.25) is 0 Å². The van der Waals surface area contributed by atoms with Crippen LogP contribution in [0.25, 0.3) is 0 Å². The Morgan fingerprint density at radius 1 is 0.604 bits per heavy atom. The van der Waals surface area contributed by atoms with E-state index < -0.39 is 30.2 Å². The number of carbonyl (C=O) groups excluding carboxylic acids is 2. The number of unbranched alkanes of at least 4 members (excludes halogenated alkanes) is 22. The van der Waals surface area contributed by atoms with E-state index in [4.69, 9.17) is 9.84 Å². The molecule has 0 saturated carbocycles. The maximum atomic E-state index is 12.7. The number of amides is 1. The molecule has 0 aromatic rings. The molecular weight excluding hydrogens is 606 g/mol. The molecule has 4 N–H and O–H groups in total. The fraction of sp³-hybridized carbons (Fsp3) is 0.825. The van der Waals surface area contributed by atoms with E-state index >= 15 is 0 Å². The molecule has 0 aliphatic carbocycles. The Morgan fingerprint density at radius 3 is 1.52 bits per heavy atom. The summed E-state index contributed by atoms with van der Waals surface area (Å²) in [7, 11) is 0. The predicted molar refractivity (Wildman–Crippen MR) is 197 cm³/mol. The first-order chi connectivity index (χ1) is 23.3. The minimum Gasteiger partial charge on any atom is -0.478 e. The lowest BCUT2D eigenvalue weighted by molar-refractivity contribution is -0.142. The van der Waals surface area contributed by atoms with Gasteiger partial charge in [-0.05, 0) is 38.5 Å². The average molecular weight is 680 g/mol. The first-order valence-corrected chi connectivity index (χ1v) is 19.7. The van der Waals surface area contributed by atoms with Crippen molar-refractivity contribution in [1.82, 2.24) is 5.32 Å². The zero-order valence-corrected chi connectivity index (χ0v) is 30.8. The van der Waals surface area contributed by atoms with Crippen LogP contribution in [-0.4, -0.2) is 58.0 Å². The van der Waals surface area contributed by atoms with Gasteiger partial charge in [-0.1, -0.05) is 154 Å². The van der Waals surface area contributed by atoms with Crippen molar-refractivity contribution in [1.29, 1.82) is 0 Å². The summed E-state index contributed by atoms with van der Waals surface area (Å²) in [5, 5.41) is 33.0. The van der Waals surface area contributed by atoms with Crippen LogP contribution >= 0.6 is 0 Å². The van der Waals surface area contributed by atoms with E-state index in [-0.39, 0.29) is 18.9 Å². The molecule has 3 atom stereocenters. The molecule has 0 spiro atoms. The van der Waals surface area contributed by atoms with E-state index in [1.807, 2.05) is 0 Å². The van der Waals surface area contributed by atoms with Gasteiger partial charge >= 0.3 is 11.9 Å². The number of aliphatic carboxylic acids is 1. The highest BCUT2D eigenvalue weighted by Crippen LogP contribution is 2.16. The zero-order chi connectivity index (χ0) is 35.5. The fourth-order valence-electron chi connectivity index (χ4n) is 5.85. The Bertz CT molecular complexity index is 828. The Labute approximate surface area is 293 Å². The summed E-state index contributed by atoms with van der Waals surface area (Å²) in [4.78, 5) is 35.3. The summed E-state index contributed by atoms with van der Waals surface area (Å²) in [6.07, 6.45) is 33.9. The minimum atomic E-state index is -1.31. The highest BCUT2D eigenvalue weighted by Gasteiger charge is 2.28. The maximum Gasteiger partial charge on any atom is 0.331 e. The molecule has 0 bridgehead atoms. The van der Waals surface area contributed by atoms with Crippen LogP contribution in [0.4, 0.5) is 0 Å². The molecule has 0 saturated heterocycles. The molecule has 8 heteroatoms. The first-order valence-electron chi connectivity index (χ1n) is 19.7. The summed E-state index contributed by atoms with van der Waals surface area (Å²) in [5.74, 6) is -2.45. The third-order valence-corrected chi connectivity index (χ3v) is 8.94. The van der Waals surface area contributed by atoms with Gasteiger partial charge in [0.15, 0.2) is 0 Å². The second-order valence-electron chi connectivity index (χ2n) is 13.5. The largest absolute Gasteiger partial charge is 0.478 e. The standard InChI is InChI=1S/C40H73NO7/c1-3-5-7-9-11-13-15-17-18-19-21-23-25-27-29-31-37(43)41-35(34-48-39(46)33-32-38(44)45)40(47)36(42)30-28-26-24-22-20-16-14-12-10-8-6-4-2/h17-18,32-33,35-36,40,42,47H,3-16,19-31,34H2,1-2H3,(H,41,43)(H,44,45)/b18-17-,33-32-/t35-,36+,40?/m0/s1. The molecule has 1 unspecified atom stereocenters. The van der Waals surface area contributed by atoms with Crippen LogP contribution in [0.1, 0.15) is 187 Å². The number of hydrogen-bond acceptors (Lipinski definition) is 6. The lowest BCUT2D eigenvalue weighted by atomic mass is 9.99.